The van der Waals surface area contributed by atoms with Crippen LogP contribution in [0, 0.1) is 35.5 Å². The minimum Gasteiger partial charge on any atom is -0.250 e. The van der Waals surface area contributed by atoms with Crippen LogP contribution < -0.4 is 0 Å². The third kappa shape index (κ3) is 6.00. The van der Waals surface area contributed by atoms with Gasteiger partial charge >= 0.3 is 6.18 Å². The quantitative estimate of drug-likeness (QED) is 0.492. The predicted octanol–water partition coefficient (Wildman–Crippen LogP) is 7.25. The second-order valence-electron chi connectivity index (χ2n) is 8.73. The topological polar surface area (TPSA) is 12.9 Å². The number of hydrogen-bond donors (Lipinski definition) is 0. The molecule has 4 heteroatoms. The third-order valence-electron chi connectivity index (χ3n) is 6.77. The van der Waals surface area contributed by atoms with Gasteiger partial charge in [-0.15, -0.1) is 0 Å². The molecule has 0 aromatic carbocycles. The van der Waals surface area contributed by atoms with Crippen molar-refractivity contribution in [3.63, 3.8) is 0 Å². The van der Waals surface area contributed by atoms with Crippen molar-refractivity contribution in [1.29, 1.82) is 0 Å². The summed E-state index contributed by atoms with van der Waals surface area (Å²) in [7, 11) is 0. The number of nitrogens with zero attached hydrogens (tertiary/aromatic N) is 1. The van der Waals surface area contributed by atoms with E-state index in [1.165, 1.54) is 70.1 Å². The van der Waals surface area contributed by atoms with Crippen LogP contribution in [0.25, 0.3) is 0 Å². The second kappa shape index (κ2) is 9.81. The van der Waals surface area contributed by atoms with Gasteiger partial charge in [-0.3, -0.25) is 4.98 Å². The Morgan fingerprint density at radius 2 is 1.61 bits per heavy atom. The molecular weight excluding hydrogens is 359 g/mol. The molecule has 154 valence electrons. The van der Waals surface area contributed by atoms with E-state index in [4.69, 9.17) is 0 Å². The lowest BCUT2D eigenvalue weighted by molar-refractivity contribution is -0.141. The number of unbranched alkanes of at least 4 members (excludes halogenated alkanes) is 1. The normalized spacial score (nSPS) is 28.4. The first-order valence-electron chi connectivity index (χ1n) is 11.0. The molecule has 3 rings (SSSR count). The lowest BCUT2D eigenvalue weighted by Gasteiger charge is -2.37. The van der Waals surface area contributed by atoms with Gasteiger partial charge < -0.3 is 0 Å². The standard InChI is InChI=1S/C24H32F3N/c1-2-3-4-18-7-12-21(13-8-18)22-14-9-19(10-15-22)5-6-20-11-16-23(28-17-20)24(25,26)27/h11,16-19,21-22H,2-4,7-10,12-15H2,1H3/t18-,19?,21-,22?. The lowest BCUT2D eigenvalue weighted by atomic mass is 9.69. The summed E-state index contributed by atoms with van der Waals surface area (Å²) in [6.07, 6.45) is 11.4. The molecule has 0 aliphatic heterocycles. The van der Waals surface area contributed by atoms with Crippen LogP contribution in [-0.4, -0.2) is 4.98 Å². The molecule has 2 aliphatic carbocycles. The molecule has 0 N–H and O–H groups in total. The Balaban J connectivity index is 1.43. The van der Waals surface area contributed by atoms with Gasteiger partial charge in [-0.2, -0.15) is 13.2 Å². The summed E-state index contributed by atoms with van der Waals surface area (Å²) in [5, 5.41) is 0. The van der Waals surface area contributed by atoms with Gasteiger partial charge in [-0.1, -0.05) is 50.9 Å². The van der Waals surface area contributed by atoms with E-state index >= 15 is 0 Å². The Morgan fingerprint density at radius 3 is 2.14 bits per heavy atom. The molecule has 1 nitrogen and oxygen atoms in total. The summed E-state index contributed by atoms with van der Waals surface area (Å²) in [6, 6.07) is 2.43. The summed E-state index contributed by atoms with van der Waals surface area (Å²) in [5.41, 5.74) is -0.288. The fourth-order valence-electron chi connectivity index (χ4n) is 5.00. The van der Waals surface area contributed by atoms with Crippen LogP contribution >= 0.6 is 0 Å². The molecule has 0 atom stereocenters. The van der Waals surface area contributed by atoms with Crippen molar-refractivity contribution in [3.05, 3.63) is 29.6 Å². The smallest absolute Gasteiger partial charge is 0.250 e. The first kappa shape index (κ1) is 21.2. The van der Waals surface area contributed by atoms with Crippen molar-refractivity contribution in [3.8, 4) is 11.8 Å². The molecular formula is C24H32F3N. The molecule has 2 saturated carbocycles. The van der Waals surface area contributed by atoms with Crippen LogP contribution in [-0.2, 0) is 6.18 Å². The van der Waals surface area contributed by atoms with E-state index in [1.54, 1.807) is 0 Å². The van der Waals surface area contributed by atoms with Crippen LogP contribution in [0.4, 0.5) is 13.2 Å². The number of halogens is 3. The lowest BCUT2D eigenvalue weighted by Crippen LogP contribution is -2.25. The van der Waals surface area contributed by atoms with E-state index in [9.17, 15) is 13.2 Å². The zero-order valence-electron chi connectivity index (χ0n) is 16.9. The molecule has 2 aliphatic rings. The van der Waals surface area contributed by atoms with Gasteiger partial charge in [0, 0.05) is 17.7 Å². The first-order valence-corrected chi connectivity index (χ1v) is 11.0. The highest BCUT2D eigenvalue weighted by Gasteiger charge is 2.32. The summed E-state index contributed by atoms with van der Waals surface area (Å²) < 4.78 is 37.7. The van der Waals surface area contributed by atoms with Crippen LogP contribution in [0.2, 0.25) is 0 Å². The predicted molar refractivity (Wildman–Crippen MR) is 107 cm³/mol. The molecule has 1 aromatic rings. The molecule has 0 radical (unpaired) electrons. The van der Waals surface area contributed by atoms with E-state index in [2.05, 4.69) is 23.7 Å². The van der Waals surface area contributed by atoms with Gasteiger partial charge in [-0.05, 0) is 68.4 Å². The zero-order valence-corrected chi connectivity index (χ0v) is 16.9. The monoisotopic (exact) mass is 391 g/mol. The zero-order chi connectivity index (χ0) is 20.0. The average molecular weight is 392 g/mol. The minimum atomic E-state index is -4.39. The SMILES string of the molecule is CCCC[C@H]1CC[C@H](C2CCC(C#Cc3ccc(C(F)(F)F)nc3)CC2)CC1. The highest BCUT2D eigenvalue weighted by atomic mass is 19.4. The van der Waals surface area contributed by atoms with Gasteiger partial charge in [0.05, 0.1) is 0 Å². The number of aromatic nitrogens is 1. The Morgan fingerprint density at radius 1 is 0.964 bits per heavy atom. The van der Waals surface area contributed by atoms with Gasteiger partial charge in [-0.25, -0.2) is 0 Å². The van der Waals surface area contributed by atoms with Crippen LogP contribution in [0.5, 0.6) is 0 Å². The van der Waals surface area contributed by atoms with E-state index < -0.39 is 11.9 Å². The van der Waals surface area contributed by atoms with Crippen molar-refractivity contribution in [2.45, 2.75) is 83.7 Å². The van der Waals surface area contributed by atoms with Crippen LogP contribution in [0.3, 0.4) is 0 Å². The van der Waals surface area contributed by atoms with Gasteiger partial charge in [0.1, 0.15) is 5.69 Å². The average Bonchev–Trinajstić information content (AvgIpc) is 2.71. The molecule has 0 bridgehead atoms. The van der Waals surface area contributed by atoms with E-state index in [-0.39, 0.29) is 0 Å². The Kier molecular flexibility index (Phi) is 7.43. The summed E-state index contributed by atoms with van der Waals surface area (Å²) in [6.45, 7) is 2.28. The van der Waals surface area contributed by atoms with Crippen molar-refractivity contribution in [2.75, 3.05) is 0 Å². The Bertz CT molecular complexity index is 652. The largest absolute Gasteiger partial charge is 0.433 e. The number of pyridine rings is 1. The van der Waals surface area contributed by atoms with E-state index in [0.717, 1.165) is 36.7 Å². The molecule has 1 heterocycles. The Labute approximate surface area is 167 Å². The summed E-state index contributed by atoms with van der Waals surface area (Å²) >= 11 is 0. The van der Waals surface area contributed by atoms with Gasteiger partial charge in [0.2, 0.25) is 0 Å². The van der Waals surface area contributed by atoms with Crippen molar-refractivity contribution in [1.82, 2.24) is 4.98 Å². The fourth-order valence-corrected chi connectivity index (χ4v) is 5.00. The van der Waals surface area contributed by atoms with Crippen molar-refractivity contribution >= 4 is 0 Å². The highest BCUT2D eigenvalue weighted by Crippen LogP contribution is 2.42. The van der Waals surface area contributed by atoms with Crippen LogP contribution in [0.1, 0.15) is 88.8 Å². The summed E-state index contributed by atoms with van der Waals surface area (Å²) in [5.74, 6) is 9.42. The van der Waals surface area contributed by atoms with Crippen molar-refractivity contribution in [2.24, 2.45) is 23.7 Å². The molecule has 1 aromatic heterocycles. The molecule has 2 fully saturated rings. The fraction of sp³-hybridized carbons (Fsp3) is 0.708. The number of rotatable bonds is 4. The number of alkyl halides is 3. The Hall–Kier alpha value is -1.50. The molecule has 28 heavy (non-hydrogen) atoms. The maximum Gasteiger partial charge on any atom is 0.433 e. The highest BCUT2D eigenvalue weighted by molar-refractivity contribution is 5.33. The maximum atomic E-state index is 12.6. The van der Waals surface area contributed by atoms with Gasteiger partial charge in [0.15, 0.2) is 0 Å². The minimum absolute atomic E-state index is 0.374. The third-order valence-corrected chi connectivity index (χ3v) is 6.77. The van der Waals surface area contributed by atoms with Gasteiger partial charge in [0.25, 0.3) is 0 Å². The molecule has 0 amide bonds. The van der Waals surface area contributed by atoms with Crippen molar-refractivity contribution < 1.29 is 13.2 Å². The number of hydrogen-bond acceptors (Lipinski definition) is 1. The van der Waals surface area contributed by atoms with E-state index in [1.807, 2.05) is 0 Å². The summed E-state index contributed by atoms with van der Waals surface area (Å²) in [4.78, 5) is 3.48. The maximum absolute atomic E-state index is 12.6. The van der Waals surface area contributed by atoms with Crippen LogP contribution in [0.15, 0.2) is 18.3 Å². The molecule has 0 saturated heterocycles. The second-order valence-corrected chi connectivity index (χ2v) is 8.73. The first-order chi connectivity index (χ1) is 13.5. The molecule has 0 spiro atoms. The van der Waals surface area contributed by atoms with E-state index in [0.29, 0.717) is 11.5 Å². The molecule has 0 unspecified atom stereocenters.